The quantitative estimate of drug-likeness (QED) is 0.0577. The average Bonchev–Trinajstić information content (AvgIpc) is 3.26. The van der Waals surface area contributed by atoms with Crippen LogP contribution in [0.25, 0.3) is 33.6 Å². The first kappa shape index (κ1) is 46.9. The molecule has 0 atom stereocenters. The van der Waals surface area contributed by atoms with E-state index in [1.54, 1.807) is 73.3 Å². The lowest BCUT2D eigenvalue weighted by molar-refractivity contribution is -0.601. The van der Waals surface area contributed by atoms with E-state index in [-0.39, 0.29) is 32.5 Å². The van der Waals surface area contributed by atoms with E-state index in [4.69, 9.17) is 0 Å². The highest BCUT2D eigenvalue weighted by molar-refractivity contribution is 7.86. The van der Waals surface area contributed by atoms with Gasteiger partial charge in [-0.1, -0.05) is 59.7 Å². The fraction of sp³-hybridized carbons (Fsp3) is 0.0476. The van der Waals surface area contributed by atoms with E-state index in [0.717, 1.165) is 45.5 Å². The monoisotopic (exact) mass is 908 g/mol. The van der Waals surface area contributed by atoms with Gasteiger partial charge in [-0.05, 0) is 60.4 Å². The van der Waals surface area contributed by atoms with Crippen LogP contribution in [0, 0.1) is 54.3 Å². The number of benzene rings is 5. The van der Waals surface area contributed by atoms with E-state index >= 15 is 0 Å². The first-order valence-electron chi connectivity index (χ1n) is 18.2. The van der Waals surface area contributed by atoms with Gasteiger partial charge in [-0.2, -0.15) is 9.13 Å². The molecule has 64 heavy (non-hydrogen) atoms. The highest BCUT2D eigenvalue weighted by atomic mass is 32.2. The number of aryl methyl sites for hydroxylation is 2. The third-order valence-corrected chi connectivity index (χ3v) is 10.8. The van der Waals surface area contributed by atoms with Crippen molar-refractivity contribution in [3.63, 3.8) is 0 Å². The van der Waals surface area contributed by atoms with Gasteiger partial charge in [-0.3, -0.25) is 40.5 Å². The highest BCUT2D eigenvalue weighted by Gasteiger charge is 2.27. The Morgan fingerprint density at radius 3 is 0.922 bits per heavy atom. The Morgan fingerprint density at radius 1 is 0.391 bits per heavy atom. The molecule has 326 valence electrons. The van der Waals surface area contributed by atoms with Gasteiger partial charge in [-0.25, -0.2) is 16.8 Å². The van der Waals surface area contributed by atoms with Gasteiger partial charge in [0.2, 0.25) is 0 Å². The fourth-order valence-corrected chi connectivity index (χ4v) is 6.74. The predicted octanol–water partition coefficient (Wildman–Crippen LogP) is 7.01. The molecule has 0 aliphatic rings. The zero-order chi connectivity index (χ0) is 46.9. The lowest BCUT2D eigenvalue weighted by atomic mass is 10.0. The van der Waals surface area contributed by atoms with Crippen molar-refractivity contribution in [2.75, 3.05) is 0 Å². The molecular weight excluding hydrogens is 877 g/mol. The van der Waals surface area contributed by atoms with Crippen molar-refractivity contribution < 1.29 is 54.8 Å². The van der Waals surface area contributed by atoms with E-state index in [0.29, 0.717) is 0 Å². The second-order valence-electron chi connectivity index (χ2n) is 13.5. The van der Waals surface area contributed by atoms with Crippen molar-refractivity contribution in [1.29, 1.82) is 0 Å². The number of hydrogen-bond acceptors (Lipinski definition) is 14. The molecule has 7 rings (SSSR count). The Morgan fingerprint density at radius 2 is 0.672 bits per heavy atom. The smallest absolute Gasteiger partial charge is 0.347 e. The summed E-state index contributed by atoms with van der Waals surface area (Å²) in [7, 11) is -8.54. The van der Waals surface area contributed by atoms with Gasteiger partial charge in [0.25, 0.3) is 22.7 Å². The molecule has 20 nitrogen and oxygen atoms in total. The number of aromatic nitrogens is 2. The minimum absolute atomic E-state index is 0.178. The molecule has 0 radical (unpaired) electrons. The van der Waals surface area contributed by atoms with Crippen molar-refractivity contribution >= 4 is 43.0 Å². The zero-order valence-electron chi connectivity index (χ0n) is 33.2. The summed E-state index contributed by atoms with van der Waals surface area (Å²) in [5.41, 5.74) is 4.12. The van der Waals surface area contributed by atoms with Gasteiger partial charge in [0.05, 0.1) is 29.5 Å². The standard InChI is InChI=1S/C28H18N6O8.2C7H8O3S/c35-31(36)23-5-7-25(27(17-23)33(39)40)29-13-9-21(10-14-29)19-1-2-20(4-3-19)22-11-15-30(16-12-22)26-8-6-24(32(37)38)18-28(26)34(41)42;2*1-6-2-4-7(5-3-6)11(8,9)10/h1-18H;2*2-5H,1H3,(H,8,9,10)/q+2;;/p-2. The van der Waals surface area contributed by atoms with Crippen LogP contribution in [0.4, 0.5) is 22.7 Å². The highest BCUT2D eigenvalue weighted by Crippen LogP contribution is 2.28. The molecule has 7 aromatic rings. The van der Waals surface area contributed by atoms with Crippen LogP contribution < -0.4 is 9.13 Å². The maximum atomic E-state index is 11.5. The van der Waals surface area contributed by atoms with Crippen LogP contribution in [-0.4, -0.2) is 45.6 Å². The maximum absolute atomic E-state index is 11.5. The van der Waals surface area contributed by atoms with Gasteiger partial charge in [0.15, 0.2) is 24.8 Å². The summed E-state index contributed by atoms with van der Waals surface area (Å²) in [6, 6.07) is 33.1. The van der Waals surface area contributed by atoms with Crippen LogP contribution in [0.5, 0.6) is 0 Å². The normalized spacial score (nSPS) is 10.9. The molecule has 0 aliphatic carbocycles. The first-order valence-corrected chi connectivity index (χ1v) is 21.0. The van der Waals surface area contributed by atoms with E-state index in [9.17, 15) is 66.4 Å². The number of pyridine rings is 2. The molecule has 0 saturated heterocycles. The molecule has 2 aromatic heterocycles. The topological polar surface area (TPSA) is 295 Å². The number of nitro benzene ring substituents is 4. The maximum Gasteiger partial charge on any atom is 0.347 e. The second kappa shape index (κ2) is 19.7. The summed E-state index contributed by atoms with van der Waals surface area (Å²) in [5.74, 6) is 0. The number of hydrogen-bond donors (Lipinski definition) is 0. The molecule has 0 aliphatic heterocycles. The average molecular weight is 909 g/mol. The summed E-state index contributed by atoms with van der Waals surface area (Å²) in [6.07, 6.45) is 6.52. The molecule has 0 spiro atoms. The van der Waals surface area contributed by atoms with Gasteiger partial charge in [-0.15, -0.1) is 0 Å². The van der Waals surface area contributed by atoms with Crippen LogP contribution in [0.15, 0.2) is 168 Å². The summed E-state index contributed by atoms with van der Waals surface area (Å²) < 4.78 is 65.3. The van der Waals surface area contributed by atoms with Crippen molar-refractivity contribution in [3.8, 4) is 33.6 Å². The lowest BCUT2D eigenvalue weighted by Crippen LogP contribution is -2.30. The van der Waals surface area contributed by atoms with Gasteiger partial charge in [0, 0.05) is 48.5 Å². The first-order chi connectivity index (χ1) is 30.1. The number of non-ortho nitro benzene ring substituents is 2. The molecule has 0 unspecified atom stereocenters. The molecule has 0 saturated carbocycles. The minimum Gasteiger partial charge on any atom is -0.744 e. The molecule has 22 heteroatoms. The van der Waals surface area contributed by atoms with E-state index in [1.165, 1.54) is 57.7 Å². The Bertz CT molecular complexity index is 2890. The zero-order valence-corrected chi connectivity index (χ0v) is 34.9. The van der Waals surface area contributed by atoms with E-state index < -0.39 is 51.3 Å². The van der Waals surface area contributed by atoms with Crippen LogP contribution in [0.3, 0.4) is 0 Å². The van der Waals surface area contributed by atoms with E-state index in [1.807, 2.05) is 38.1 Å². The Hall–Kier alpha value is -8.18. The summed E-state index contributed by atoms with van der Waals surface area (Å²) in [6.45, 7) is 3.64. The number of nitrogens with zero attached hydrogens (tertiary/aromatic N) is 6. The third kappa shape index (κ3) is 12.0. The summed E-state index contributed by atoms with van der Waals surface area (Å²) in [4.78, 5) is 41.9. The molecule has 0 amide bonds. The van der Waals surface area contributed by atoms with Crippen molar-refractivity contribution in [3.05, 3.63) is 210 Å². The second-order valence-corrected chi connectivity index (χ2v) is 16.2. The molecule has 0 N–H and O–H groups in total. The number of rotatable bonds is 10. The van der Waals surface area contributed by atoms with Gasteiger partial charge < -0.3 is 9.11 Å². The summed E-state index contributed by atoms with van der Waals surface area (Å²) in [5, 5.41) is 45.0. The third-order valence-electron chi connectivity index (χ3n) is 9.12. The molecule has 0 fully saturated rings. The van der Waals surface area contributed by atoms with Crippen LogP contribution in [0.2, 0.25) is 0 Å². The lowest BCUT2D eigenvalue weighted by Gasteiger charge is -2.05. The SMILES string of the molecule is Cc1ccc(S(=O)(=O)[O-])cc1.Cc1ccc(S(=O)(=O)[O-])cc1.O=[N+]([O-])c1ccc(-[n+]2ccc(-c3ccc(-c4cc[n+](-c5ccc([N+](=O)[O-])cc5[N+](=O)[O-])cc4)cc3)cc2)c([N+](=O)[O-])c1. The van der Waals surface area contributed by atoms with Crippen LogP contribution in [-0.2, 0) is 20.2 Å². The van der Waals surface area contributed by atoms with Crippen LogP contribution in [0.1, 0.15) is 11.1 Å². The number of nitro groups is 4. The minimum atomic E-state index is -4.27. The van der Waals surface area contributed by atoms with Gasteiger partial charge in [0.1, 0.15) is 32.4 Å². The fourth-order valence-electron chi connectivity index (χ4n) is 5.80. The molecular formula is C42H32N6O14S2. The van der Waals surface area contributed by atoms with Gasteiger partial charge >= 0.3 is 11.4 Å². The largest absolute Gasteiger partial charge is 0.744 e. The van der Waals surface area contributed by atoms with E-state index in [2.05, 4.69) is 0 Å². The Kier molecular flexibility index (Phi) is 14.4. The molecule has 0 bridgehead atoms. The van der Waals surface area contributed by atoms with Crippen molar-refractivity contribution in [2.24, 2.45) is 0 Å². The van der Waals surface area contributed by atoms with Crippen molar-refractivity contribution in [1.82, 2.24) is 0 Å². The molecule has 2 heterocycles. The Labute approximate surface area is 363 Å². The van der Waals surface area contributed by atoms with Crippen molar-refractivity contribution in [2.45, 2.75) is 23.6 Å². The Balaban J connectivity index is 0.000000284. The summed E-state index contributed by atoms with van der Waals surface area (Å²) >= 11 is 0. The molecule has 5 aromatic carbocycles. The van der Waals surface area contributed by atoms with Crippen LogP contribution >= 0.6 is 0 Å². The predicted molar refractivity (Wildman–Crippen MR) is 225 cm³/mol.